The monoisotopic (exact) mass is 264 g/mol. The second kappa shape index (κ2) is 7.14. The fourth-order valence-corrected chi connectivity index (χ4v) is 1.61. The Morgan fingerprint density at radius 2 is 1.89 bits per heavy atom. The lowest BCUT2D eigenvalue weighted by molar-refractivity contribution is 0.0185. The third kappa shape index (κ3) is 5.30. The van der Waals surface area contributed by atoms with Gasteiger partial charge in [0, 0.05) is 31.5 Å². The van der Waals surface area contributed by atoms with Gasteiger partial charge in [0.15, 0.2) is 0 Å². The van der Waals surface area contributed by atoms with Crippen LogP contribution in [0.3, 0.4) is 0 Å². The van der Waals surface area contributed by atoms with Gasteiger partial charge in [-0.2, -0.15) is 0 Å². The summed E-state index contributed by atoms with van der Waals surface area (Å²) in [5, 5.41) is 6.10. The Morgan fingerprint density at radius 1 is 1.26 bits per heavy atom. The Bertz CT molecular complexity index is 399. The van der Waals surface area contributed by atoms with Crippen molar-refractivity contribution in [3.63, 3.8) is 0 Å². The Hall–Kier alpha value is -1.55. The topological polar surface area (TPSA) is 50.4 Å². The summed E-state index contributed by atoms with van der Waals surface area (Å²) in [5.41, 5.74) is 1.58. The first-order valence-electron chi connectivity index (χ1n) is 6.66. The zero-order valence-electron chi connectivity index (χ0n) is 12.2. The maximum atomic E-state index is 11.6. The lowest BCUT2D eigenvalue weighted by atomic mass is 10.1. The number of nitrogens with one attached hydrogen (secondary N) is 2. The number of carbonyl (C=O) groups excluding carboxylic acids is 1. The van der Waals surface area contributed by atoms with Gasteiger partial charge in [-0.15, -0.1) is 0 Å². The molecule has 0 spiro atoms. The van der Waals surface area contributed by atoms with Crippen LogP contribution in [0.1, 0.15) is 37.6 Å². The van der Waals surface area contributed by atoms with Crippen LogP contribution in [0.15, 0.2) is 24.3 Å². The Balaban J connectivity index is 2.47. The van der Waals surface area contributed by atoms with Crippen LogP contribution in [0, 0.1) is 0 Å². The molecule has 0 unspecified atom stereocenters. The van der Waals surface area contributed by atoms with E-state index in [1.165, 1.54) is 0 Å². The number of hydrogen-bond acceptors (Lipinski definition) is 3. The van der Waals surface area contributed by atoms with Crippen molar-refractivity contribution in [2.75, 3.05) is 25.5 Å². The van der Waals surface area contributed by atoms with Crippen molar-refractivity contribution < 1.29 is 9.53 Å². The third-order valence-corrected chi connectivity index (χ3v) is 3.09. The van der Waals surface area contributed by atoms with Crippen molar-refractivity contribution >= 4 is 11.6 Å². The maximum Gasteiger partial charge on any atom is 0.251 e. The molecule has 0 heterocycles. The maximum absolute atomic E-state index is 11.6. The molecule has 0 aromatic heterocycles. The lowest BCUT2D eigenvalue weighted by Gasteiger charge is -2.23. The normalized spacial score (nSPS) is 11.2. The van der Waals surface area contributed by atoms with E-state index >= 15 is 0 Å². The molecule has 4 nitrogen and oxygen atoms in total. The summed E-state index contributed by atoms with van der Waals surface area (Å²) >= 11 is 0. The summed E-state index contributed by atoms with van der Waals surface area (Å²) in [6.45, 7) is 7.51. The van der Waals surface area contributed by atoms with Crippen molar-refractivity contribution in [1.29, 1.82) is 0 Å². The number of carbonyl (C=O) groups is 1. The Kier molecular flexibility index (Phi) is 5.83. The van der Waals surface area contributed by atoms with E-state index in [4.69, 9.17) is 4.74 Å². The fraction of sp³-hybridized carbons (Fsp3) is 0.533. The molecule has 0 aliphatic carbocycles. The smallest absolute Gasteiger partial charge is 0.251 e. The minimum atomic E-state index is -0.117. The lowest BCUT2D eigenvalue weighted by Crippen LogP contribution is -2.25. The van der Waals surface area contributed by atoms with E-state index < -0.39 is 0 Å². The molecule has 0 bridgehead atoms. The zero-order valence-corrected chi connectivity index (χ0v) is 12.2. The quantitative estimate of drug-likeness (QED) is 0.796. The summed E-state index contributed by atoms with van der Waals surface area (Å²) in [6.07, 6.45) is 0.918. The molecule has 4 heteroatoms. The van der Waals surface area contributed by atoms with Gasteiger partial charge in [-0.3, -0.25) is 4.79 Å². The SMILES string of the molecule is CCNC(=O)c1ccc(NCCC(C)(C)OC)cc1. The van der Waals surface area contributed by atoms with Gasteiger partial charge in [-0.25, -0.2) is 0 Å². The van der Waals surface area contributed by atoms with E-state index in [0.29, 0.717) is 12.1 Å². The zero-order chi connectivity index (χ0) is 14.3. The van der Waals surface area contributed by atoms with Crippen LogP contribution in [0.4, 0.5) is 5.69 Å². The molecule has 0 aliphatic rings. The predicted octanol–water partition coefficient (Wildman–Crippen LogP) is 2.66. The van der Waals surface area contributed by atoms with Gasteiger partial charge in [0.25, 0.3) is 5.91 Å². The highest BCUT2D eigenvalue weighted by Crippen LogP contribution is 2.14. The molecule has 1 aromatic rings. The highest BCUT2D eigenvalue weighted by Gasteiger charge is 2.15. The average Bonchev–Trinajstić information content (AvgIpc) is 2.39. The van der Waals surface area contributed by atoms with E-state index in [0.717, 1.165) is 18.7 Å². The first-order chi connectivity index (χ1) is 8.98. The van der Waals surface area contributed by atoms with Gasteiger partial charge in [0.05, 0.1) is 5.60 Å². The van der Waals surface area contributed by atoms with Gasteiger partial charge in [-0.05, 0) is 51.5 Å². The highest BCUT2D eigenvalue weighted by molar-refractivity contribution is 5.94. The van der Waals surface area contributed by atoms with Crippen molar-refractivity contribution in [3.05, 3.63) is 29.8 Å². The van der Waals surface area contributed by atoms with E-state index in [1.54, 1.807) is 7.11 Å². The Morgan fingerprint density at radius 3 is 2.42 bits per heavy atom. The van der Waals surface area contributed by atoms with Crippen LogP contribution >= 0.6 is 0 Å². The fourth-order valence-electron chi connectivity index (χ4n) is 1.61. The first-order valence-corrected chi connectivity index (χ1v) is 6.66. The molecule has 1 amide bonds. The molecule has 0 aliphatic heterocycles. The number of benzene rings is 1. The van der Waals surface area contributed by atoms with Crippen molar-refractivity contribution in [1.82, 2.24) is 5.32 Å². The summed E-state index contributed by atoms with van der Waals surface area (Å²) in [4.78, 5) is 11.6. The standard InChI is InChI=1S/C15H24N2O2/c1-5-16-14(18)12-6-8-13(9-7-12)17-11-10-15(2,3)19-4/h6-9,17H,5,10-11H2,1-4H3,(H,16,18). The minimum Gasteiger partial charge on any atom is -0.385 e. The number of ether oxygens (including phenoxy) is 1. The average molecular weight is 264 g/mol. The largest absolute Gasteiger partial charge is 0.385 e. The van der Waals surface area contributed by atoms with E-state index in [9.17, 15) is 4.79 Å². The molecule has 1 aromatic carbocycles. The van der Waals surface area contributed by atoms with Gasteiger partial charge in [0.2, 0.25) is 0 Å². The molecular weight excluding hydrogens is 240 g/mol. The van der Waals surface area contributed by atoms with Crippen LogP contribution in [0.25, 0.3) is 0 Å². The molecule has 0 saturated carbocycles. The molecule has 0 saturated heterocycles. The second-order valence-corrected chi connectivity index (χ2v) is 5.08. The molecule has 2 N–H and O–H groups in total. The third-order valence-electron chi connectivity index (χ3n) is 3.09. The molecular formula is C15H24N2O2. The van der Waals surface area contributed by atoms with Crippen molar-refractivity contribution in [2.24, 2.45) is 0 Å². The van der Waals surface area contributed by atoms with Gasteiger partial charge >= 0.3 is 0 Å². The van der Waals surface area contributed by atoms with Crippen LogP contribution in [-0.2, 0) is 4.74 Å². The molecule has 19 heavy (non-hydrogen) atoms. The summed E-state index contributed by atoms with van der Waals surface area (Å²) < 4.78 is 5.36. The molecule has 0 radical (unpaired) electrons. The number of amides is 1. The van der Waals surface area contributed by atoms with E-state index in [2.05, 4.69) is 24.5 Å². The molecule has 0 atom stereocenters. The number of rotatable bonds is 7. The first kappa shape index (κ1) is 15.5. The van der Waals surface area contributed by atoms with Gasteiger partial charge < -0.3 is 15.4 Å². The van der Waals surface area contributed by atoms with Crippen LogP contribution in [-0.4, -0.2) is 31.7 Å². The highest BCUT2D eigenvalue weighted by atomic mass is 16.5. The van der Waals surface area contributed by atoms with Gasteiger partial charge in [-0.1, -0.05) is 0 Å². The minimum absolute atomic E-state index is 0.0328. The molecule has 106 valence electrons. The van der Waals surface area contributed by atoms with Crippen LogP contribution < -0.4 is 10.6 Å². The number of methoxy groups -OCH3 is 1. The van der Waals surface area contributed by atoms with Crippen LogP contribution in [0.5, 0.6) is 0 Å². The Labute approximate surface area is 115 Å². The number of anilines is 1. The molecule has 0 fully saturated rings. The van der Waals surface area contributed by atoms with Gasteiger partial charge in [0.1, 0.15) is 0 Å². The van der Waals surface area contributed by atoms with E-state index in [-0.39, 0.29) is 11.5 Å². The second-order valence-electron chi connectivity index (χ2n) is 5.08. The summed E-state index contributed by atoms with van der Waals surface area (Å²) in [5.74, 6) is -0.0328. The van der Waals surface area contributed by atoms with E-state index in [1.807, 2.05) is 31.2 Å². The number of hydrogen-bond donors (Lipinski definition) is 2. The summed E-state index contributed by atoms with van der Waals surface area (Å²) in [6, 6.07) is 7.50. The summed E-state index contributed by atoms with van der Waals surface area (Å²) in [7, 11) is 1.72. The van der Waals surface area contributed by atoms with Crippen molar-refractivity contribution in [3.8, 4) is 0 Å². The van der Waals surface area contributed by atoms with Crippen molar-refractivity contribution in [2.45, 2.75) is 32.8 Å². The molecule has 1 rings (SSSR count). The predicted molar refractivity (Wildman–Crippen MR) is 78.6 cm³/mol. The van der Waals surface area contributed by atoms with Crippen LogP contribution in [0.2, 0.25) is 0 Å².